The van der Waals surface area contributed by atoms with Crippen molar-refractivity contribution in [1.29, 1.82) is 0 Å². The molecular weight excluding hydrogens is 520 g/mol. The van der Waals surface area contributed by atoms with Crippen molar-refractivity contribution < 1.29 is 29.0 Å². The molecule has 8 heteroatoms. The van der Waals surface area contributed by atoms with E-state index in [0.29, 0.717) is 26.0 Å². The van der Waals surface area contributed by atoms with Gasteiger partial charge in [0.15, 0.2) is 0 Å². The number of hydrogen-bond donors (Lipinski definition) is 2. The molecule has 216 valence electrons. The van der Waals surface area contributed by atoms with E-state index in [1.165, 1.54) is 5.56 Å². The third-order valence-corrected chi connectivity index (χ3v) is 7.35. The summed E-state index contributed by atoms with van der Waals surface area (Å²) >= 11 is 0. The van der Waals surface area contributed by atoms with Gasteiger partial charge in [-0.3, -0.25) is 9.59 Å². The van der Waals surface area contributed by atoms with Gasteiger partial charge in [0.2, 0.25) is 5.91 Å². The molecule has 0 aromatic heterocycles. The Morgan fingerprint density at radius 1 is 1.05 bits per heavy atom. The van der Waals surface area contributed by atoms with Crippen LogP contribution in [0.5, 0.6) is 5.75 Å². The van der Waals surface area contributed by atoms with E-state index in [-0.39, 0.29) is 18.9 Å². The Morgan fingerprint density at radius 2 is 1.83 bits per heavy atom. The SMILES string of the molecule is Cc1cccc(OCCCC(=O)N2CCCc3c(-c4cccc(COC(=O)N[C@@H](C)CC(=O)O)c4)cccc32)c1C. The Hall–Kier alpha value is -4.33. The molecule has 0 unspecified atom stereocenters. The van der Waals surface area contributed by atoms with Gasteiger partial charge in [-0.25, -0.2) is 4.79 Å². The molecule has 3 aromatic carbocycles. The summed E-state index contributed by atoms with van der Waals surface area (Å²) < 4.78 is 11.3. The lowest BCUT2D eigenvalue weighted by molar-refractivity contribution is -0.137. The summed E-state index contributed by atoms with van der Waals surface area (Å²) in [6, 6.07) is 19.3. The number of carbonyl (C=O) groups excluding carboxylic acids is 2. The van der Waals surface area contributed by atoms with Crippen LogP contribution >= 0.6 is 0 Å². The first-order valence-corrected chi connectivity index (χ1v) is 14.1. The van der Waals surface area contributed by atoms with Crippen LogP contribution in [0.4, 0.5) is 10.5 Å². The van der Waals surface area contributed by atoms with Gasteiger partial charge in [-0.2, -0.15) is 0 Å². The highest BCUT2D eigenvalue weighted by Gasteiger charge is 2.24. The molecule has 4 rings (SSSR count). The zero-order valence-corrected chi connectivity index (χ0v) is 23.9. The lowest BCUT2D eigenvalue weighted by Crippen LogP contribution is -2.35. The predicted octanol–water partition coefficient (Wildman–Crippen LogP) is 6.20. The molecular formula is C33H38N2O6. The van der Waals surface area contributed by atoms with Gasteiger partial charge >= 0.3 is 12.1 Å². The van der Waals surface area contributed by atoms with Gasteiger partial charge in [0.1, 0.15) is 12.4 Å². The summed E-state index contributed by atoms with van der Waals surface area (Å²) in [4.78, 5) is 38.1. The summed E-state index contributed by atoms with van der Waals surface area (Å²) in [5.41, 5.74) is 7.25. The number of nitrogens with zero attached hydrogens (tertiary/aromatic N) is 1. The van der Waals surface area contributed by atoms with E-state index >= 15 is 0 Å². The normalized spacial score (nSPS) is 13.2. The molecule has 2 N–H and O–H groups in total. The van der Waals surface area contributed by atoms with Crippen LogP contribution in [0.15, 0.2) is 60.7 Å². The largest absolute Gasteiger partial charge is 0.493 e. The van der Waals surface area contributed by atoms with Crippen molar-refractivity contribution in [2.75, 3.05) is 18.1 Å². The maximum absolute atomic E-state index is 13.3. The highest BCUT2D eigenvalue weighted by molar-refractivity contribution is 5.96. The lowest BCUT2D eigenvalue weighted by atomic mass is 9.91. The number of aliphatic carboxylic acids is 1. The molecule has 0 fully saturated rings. The number of alkyl carbamates (subject to hydrolysis) is 1. The standard InChI is InChI=1S/C33H38N2O6/c1-22-9-4-15-30(24(22)3)40-18-8-16-31(36)35-17-7-13-28-27(12-6-14-29(28)35)26-11-5-10-25(20-26)21-41-33(39)34-23(2)19-32(37)38/h4-6,9-12,14-15,20,23H,7-8,13,16-19,21H2,1-3H3,(H,34,39)(H,37,38)/t23-/m0/s1. The van der Waals surface area contributed by atoms with Crippen LogP contribution < -0.4 is 15.0 Å². The quantitative estimate of drug-likeness (QED) is 0.272. The molecule has 1 heterocycles. The van der Waals surface area contributed by atoms with Crippen LogP contribution in [0, 0.1) is 13.8 Å². The van der Waals surface area contributed by atoms with E-state index < -0.39 is 18.1 Å². The first-order valence-electron chi connectivity index (χ1n) is 14.1. The summed E-state index contributed by atoms with van der Waals surface area (Å²) in [6.45, 7) is 6.96. The molecule has 1 atom stereocenters. The van der Waals surface area contributed by atoms with Gasteiger partial charge in [-0.05, 0) is 91.6 Å². The van der Waals surface area contributed by atoms with Crippen LogP contribution in [0.3, 0.4) is 0 Å². The molecule has 0 radical (unpaired) electrons. The van der Waals surface area contributed by atoms with E-state index in [2.05, 4.69) is 24.4 Å². The third kappa shape index (κ3) is 7.87. The average Bonchev–Trinajstić information content (AvgIpc) is 2.95. The minimum absolute atomic E-state index is 0.0588. The molecule has 2 amide bonds. The van der Waals surface area contributed by atoms with Crippen molar-refractivity contribution >= 4 is 23.7 Å². The summed E-state index contributed by atoms with van der Waals surface area (Å²) in [5.74, 6) is -0.0245. The zero-order chi connectivity index (χ0) is 29.4. The molecule has 0 spiro atoms. The van der Waals surface area contributed by atoms with Crippen molar-refractivity contribution in [2.45, 2.75) is 65.5 Å². The molecule has 8 nitrogen and oxygen atoms in total. The lowest BCUT2D eigenvalue weighted by Gasteiger charge is -2.31. The third-order valence-electron chi connectivity index (χ3n) is 7.35. The molecule has 0 bridgehead atoms. The molecule has 1 aliphatic heterocycles. The Labute approximate surface area is 241 Å². The topological polar surface area (TPSA) is 105 Å². The number of rotatable bonds is 11. The number of anilines is 1. The second kappa shape index (κ2) is 13.8. The Morgan fingerprint density at radius 3 is 2.63 bits per heavy atom. The molecule has 0 aliphatic carbocycles. The molecule has 0 saturated carbocycles. The number of nitrogens with one attached hydrogen (secondary N) is 1. The minimum Gasteiger partial charge on any atom is -0.493 e. The molecule has 3 aromatic rings. The number of hydrogen-bond acceptors (Lipinski definition) is 5. The van der Waals surface area contributed by atoms with Crippen LogP contribution in [-0.2, 0) is 27.4 Å². The summed E-state index contributed by atoms with van der Waals surface area (Å²) in [5, 5.41) is 11.4. The Bertz CT molecular complexity index is 1400. The maximum Gasteiger partial charge on any atom is 0.407 e. The fourth-order valence-electron chi connectivity index (χ4n) is 5.11. The number of carboxylic acid groups (broad SMARTS) is 1. The summed E-state index contributed by atoms with van der Waals surface area (Å²) in [7, 11) is 0. The number of carboxylic acids is 1. The van der Waals surface area contributed by atoms with Crippen molar-refractivity contribution in [2.24, 2.45) is 0 Å². The molecule has 41 heavy (non-hydrogen) atoms. The highest BCUT2D eigenvalue weighted by Crippen LogP contribution is 2.36. The Kier molecular flexibility index (Phi) is 10.0. The van der Waals surface area contributed by atoms with Gasteiger partial charge in [0.05, 0.1) is 13.0 Å². The molecule has 1 aliphatic rings. The van der Waals surface area contributed by atoms with E-state index in [1.807, 2.05) is 60.4 Å². The first-order chi connectivity index (χ1) is 19.7. The summed E-state index contributed by atoms with van der Waals surface area (Å²) in [6.07, 6.45) is 1.97. The van der Waals surface area contributed by atoms with E-state index in [4.69, 9.17) is 14.6 Å². The Balaban J connectivity index is 1.39. The van der Waals surface area contributed by atoms with Crippen molar-refractivity contribution in [3.05, 3.63) is 82.9 Å². The minimum atomic E-state index is -0.987. The number of ether oxygens (including phenoxy) is 2. The van der Waals surface area contributed by atoms with E-state index in [0.717, 1.165) is 52.1 Å². The second-order valence-electron chi connectivity index (χ2n) is 10.5. The fourth-order valence-corrected chi connectivity index (χ4v) is 5.11. The average molecular weight is 559 g/mol. The van der Waals surface area contributed by atoms with E-state index in [9.17, 15) is 14.4 Å². The van der Waals surface area contributed by atoms with Crippen molar-refractivity contribution in [1.82, 2.24) is 5.32 Å². The number of carbonyl (C=O) groups is 3. The molecule has 0 saturated heterocycles. The number of aryl methyl sites for hydroxylation is 1. The van der Waals surface area contributed by atoms with Crippen LogP contribution in [0.25, 0.3) is 11.1 Å². The van der Waals surface area contributed by atoms with Gasteiger partial charge in [-0.15, -0.1) is 0 Å². The van der Waals surface area contributed by atoms with Gasteiger partial charge in [0.25, 0.3) is 0 Å². The smallest absolute Gasteiger partial charge is 0.407 e. The zero-order valence-electron chi connectivity index (χ0n) is 23.9. The number of amides is 2. The van der Waals surface area contributed by atoms with Gasteiger partial charge < -0.3 is 24.8 Å². The van der Waals surface area contributed by atoms with E-state index in [1.54, 1.807) is 6.92 Å². The van der Waals surface area contributed by atoms with Crippen LogP contribution in [0.1, 0.15) is 54.9 Å². The van der Waals surface area contributed by atoms with Crippen LogP contribution in [-0.4, -0.2) is 42.3 Å². The maximum atomic E-state index is 13.3. The van der Waals surface area contributed by atoms with Gasteiger partial charge in [0, 0.05) is 24.7 Å². The number of fused-ring (bicyclic) bond motifs is 1. The second-order valence-corrected chi connectivity index (χ2v) is 10.5. The van der Waals surface area contributed by atoms with Crippen molar-refractivity contribution in [3.8, 4) is 16.9 Å². The van der Waals surface area contributed by atoms with Crippen molar-refractivity contribution in [3.63, 3.8) is 0 Å². The fraction of sp³-hybridized carbons (Fsp3) is 0.364. The first kappa shape index (κ1) is 29.6. The monoisotopic (exact) mass is 558 g/mol. The predicted molar refractivity (Wildman–Crippen MR) is 158 cm³/mol. The van der Waals surface area contributed by atoms with Gasteiger partial charge in [-0.1, -0.05) is 42.5 Å². The highest BCUT2D eigenvalue weighted by atomic mass is 16.5. The number of benzene rings is 3. The van der Waals surface area contributed by atoms with Crippen LogP contribution in [0.2, 0.25) is 0 Å².